The minimum atomic E-state index is -0.236. The number of carbonyl (C=O) groups is 1. The molecule has 0 bridgehead atoms. The number of ether oxygens (including phenoxy) is 1. The number of rotatable bonds is 3. The molecule has 98 valence electrons. The lowest BCUT2D eigenvalue weighted by Gasteiger charge is -2.12. The van der Waals surface area contributed by atoms with E-state index in [0.717, 1.165) is 0 Å². The topological polar surface area (TPSA) is 64.3 Å². The summed E-state index contributed by atoms with van der Waals surface area (Å²) in [5.74, 6) is 0.226. The molecule has 3 N–H and O–H groups in total. The lowest BCUT2D eigenvalue weighted by Crippen LogP contribution is -2.12. The van der Waals surface area contributed by atoms with Gasteiger partial charge in [0.2, 0.25) is 0 Å². The van der Waals surface area contributed by atoms with Gasteiger partial charge in [0.25, 0.3) is 5.91 Å². The van der Waals surface area contributed by atoms with Crippen molar-refractivity contribution in [3.8, 4) is 5.75 Å². The highest BCUT2D eigenvalue weighted by molar-refractivity contribution is 6.33. The van der Waals surface area contributed by atoms with Crippen molar-refractivity contribution in [3.05, 3.63) is 53.1 Å². The average Bonchev–Trinajstić information content (AvgIpc) is 2.43. The van der Waals surface area contributed by atoms with Gasteiger partial charge in [-0.05, 0) is 18.2 Å². The van der Waals surface area contributed by atoms with Crippen LogP contribution in [-0.2, 0) is 0 Å². The first-order valence-electron chi connectivity index (χ1n) is 5.61. The molecule has 0 spiro atoms. The molecule has 1 amide bonds. The molecule has 0 aliphatic rings. The van der Waals surface area contributed by atoms with Gasteiger partial charge in [-0.2, -0.15) is 0 Å². The smallest absolute Gasteiger partial charge is 0.255 e. The summed E-state index contributed by atoms with van der Waals surface area (Å²) < 4.78 is 5.16. The Balaban J connectivity index is 2.28. The number of carbonyl (C=O) groups excluding carboxylic acids is 1. The zero-order valence-corrected chi connectivity index (χ0v) is 11.1. The van der Waals surface area contributed by atoms with Crippen LogP contribution in [0.3, 0.4) is 0 Å². The molecule has 0 atom stereocenters. The van der Waals surface area contributed by atoms with E-state index in [2.05, 4.69) is 5.32 Å². The number of amides is 1. The van der Waals surface area contributed by atoms with E-state index in [0.29, 0.717) is 27.7 Å². The first kappa shape index (κ1) is 13.2. The molecule has 5 heteroatoms. The number of halogens is 1. The molecule has 0 aromatic heterocycles. The van der Waals surface area contributed by atoms with Crippen molar-refractivity contribution < 1.29 is 9.53 Å². The molecular formula is C14H13ClN2O2. The molecule has 0 heterocycles. The van der Waals surface area contributed by atoms with Crippen molar-refractivity contribution >= 4 is 28.9 Å². The van der Waals surface area contributed by atoms with E-state index in [9.17, 15) is 4.79 Å². The second-order valence-electron chi connectivity index (χ2n) is 3.89. The number of hydrogen-bond donors (Lipinski definition) is 2. The van der Waals surface area contributed by atoms with Crippen molar-refractivity contribution in [3.63, 3.8) is 0 Å². The van der Waals surface area contributed by atoms with Crippen LogP contribution in [0.1, 0.15) is 10.4 Å². The molecule has 4 nitrogen and oxygen atoms in total. The number of hydrogen-bond acceptors (Lipinski definition) is 3. The number of nitrogen functional groups attached to an aromatic ring is 1. The van der Waals surface area contributed by atoms with Gasteiger partial charge in [0.05, 0.1) is 23.5 Å². The fourth-order valence-corrected chi connectivity index (χ4v) is 1.78. The maximum atomic E-state index is 12.0. The predicted octanol–water partition coefficient (Wildman–Crippen LogP) is 3.18. The van der Waals surface area contributed by atoms with Gasteiger partial charge in [0.1, 0.15) is 5.75 Å². The Bertz CT molecular complexity index is 600. The fraction of sp³-hybridized carbons (Fsp3) is 0.0714. The van der Waals surface area contributed by atoms with E-state index in [-0.39, 0.29) is 5.91 Å². The Morgan fingerprint density at radius 3 is 2.58 bits per heavy atom. The first-order valence-corrected chi connectivity index (χ1v) is 5.99. The minimum absolute atomic E-state index is 0.236. The Morgan fingerprint density at radius 2 is 1.95 bits per heavy atom. The van der Waals surface area contributed by atoms with Crippen molar-refractivity contribution in [1.29, 1.82) is 0 Å². The first-order chi connectivity index (χ1) is 9.11. The standard InChI is InChI=1S/C14H13ClN2O2/c1-19-13-7-10(15)11(16)8-12(13)17-14(18)9-5-3-2-4-6-9/h2-8H,16H2,1H3,(H,17,18). The maximum Gasteiger partial charge on any atom is 0.255 e. The molecule has 19 heavy (non-hydrogen) atoms. The van der Waals surface area contributed by atoms with Crippen LogP contribution in [0.5, 0.6) is 5.75 Å². The summed E-state index contributed by atoms with van der Waals surface area (Å²) in [5, 5.41) is 3.13. The van der Waals surface area contributed by atoms with Gasteiger partial charge < -0.3 is 15.8 Å². The van der Waals surface area contributed by atoms with Gasteiger partial charge in [-0.3, -0.25) is 4.79 Å². The molecule has 2 rings (SSSR count). The Hall–Kier alpha value is -2.20. The Kier molecular flexibility index (Phi) is 3.92. The molecular weight excluding hydrogens is 264 g/mol. The summed E-state index contributed by atoms with van der Waals surface area (Å²) in [4.78, 5) is 12.0. The van der Waals surface area contributed by atoms with Crippen molar-refractivity contribution in [1.82, 2.24) is 0 Å². The van der Waals surface area contributed by atoms with Crippen LogP contribution in [-0.4, -0.2) is 13.0 Å². The minimum Gasteiger partial charge on any atom is -0.495 e. The van der Waals surface area contributed by atoms with Crippen LogP contribution >= 0.6 is 11.6 Å². The molecule has 0 aliphatic carbocycles. The summed E-state index contributed by atoms with van der Waals surface area (Å²) in [6.07, 6.45) is 0. The van der Waals surface area contributed by atoms with Gasteiger partial charge in [-0.1, -0.05) is 29.8 Å². The number of anilines is 2. The van der Waals surface area contributed by atoms with Gasteiger partial charge in [-0.15, -0.1) is 0 Å². The molecule has 2 aromatic carbocycles. The predicted molar refractivity (Wildman–Crippen MR) is 76.8 cm³/mol. The number of benzene rings is 2. The Labute approximate surface area is 116 Å². The van der Waals surface area contributed by atoms with E-state index in [1.54, 1.807) is 36.4 Å². The largest absolute Gasteiger partial charge is 0.495 e. The van der Waals surface area contributed by atoms with Crippen molar-refractivity contribution in [2.24, 2.45) is 0 Å². The average molecular weight is 277 g/mol. The zero-order chi connectivity index (χ0) is 13.8. The lowest BCUT2D eigenvalue weighted by atomic mass is 10.2. The fourth-order valence-electron chi connectivity index (χ4n) is 1.62. The maximum absolute atomic E-state index is 12.0. The van der Waals surface area contributed by atoms with Crippen LogP contribution in [0.25, 0.3) is 0 Å². The van der Waals surface area contributed by atoms with Crippen LogP contribution in [0.15, 0.2) is 42.5 Å². The molecule has 0 radical (unpaired) electrons. The van der Waals surface area contributed by atoms with E-state index in [1.807, 2.05) is 6.07 Å². The van der Waals surface area contributed by atoms with E-state index in [1.165, 1.54) is 7.11 Å². The summed E-state index contributed by atoms with van der Waals surface area (Å²) in [6.45, 7) is 0. The molecule has 2 aromatic rings. The highest BCUT2D eigenvalue weighted by Crippen LogP contribution is 2.33. The number of methoxy groups -OCH3 is 1. The zero-order valence-electron chi connectivity index (χ0n) is 10.3. The van der Waals surface area contributed by atoms with E-state index in [4.69, 9.17) is 22.1 Å². The summed E-state index contributed by atoms with van der Waals surface area (Å²) >= 11 is 5.90. The molecule has 0 saturated heterocycles. The quantitative estimate of drug-likeness (QED) is 0.846. The van der Waals surface area contributed by atoms with Crippen LogP contribution < -0.4 is 15.8 Å². The normalized spacial score (nSPS) is 10.0. The second-order valence-corrected chi connectivity index (χ2v) is 4.30. The van der Waals surface area contributed by atoms with Crippen LogP contribution in [0, 0.1) is 0 Å². The molecule has 0 fully saturated rings. The summed E-state index contributed by atoms with van der Waals surface area (Å²) in [6, 6.07) is 12.0. The Morgan fingerprint density at radius 1 is 1.26 bits per heavy atom. The summed E-state index contributed by atoms with van der Waals surface area (Å²) in [5.41, 5.74) is 7.14. The highest BCUT2D eigenvalue weighted by atomic mass is 35.5. The van der Waals surface area contributed by atoms with Crippen molar-refractivity contribution in [2.75, 3.05) is 18.2 Å². The third kappa shape index (κ3) is 2.98. The lowest BCUT2D eigenvalue weighted by molar-refractivity contribution is 0.102. The van der Waals surface area contributed by atoms with Gasteiger partial charge >= 0.3 is 0 Å². The third-order valence-corrected chi connectivity index (χ3v) is 2.93. The molecule has 0 unspecified atom stereocenters. The number of nitrogens with one attached hydrogen (secondary N) is 1. The van der Waals surface area contributed by atoms with E-state index >= 15 is 0 Å². The van der Waals surface area contributed by atoms with Crippen LogP contribution in [0.4, 0.5) is 11.4 Å². The molecule has 0 aliphatic heterocycles. The summed E-state index contributed by atoms with van der Waals surface area (Å²) in [7, 11) is 1.50. The number of nitrogens with two attached hydrogens (primary N) is 1. The van der Waals surface area contributed by atoms with Gasteiger partial charge in [0.15, 0.2) is 0 Å². The highest BCUT2D eigenvalue weighted by Gasteiger charge is 2.11. The third-order valence-electron chi connectivity index (χ3n) is 2.60. The second kappa shape index (κ2) is 5.63. The van der Waals surface area contributed by atoms with Gasteiger partial charge in [-0.25, -0.2) is 0 Å². The van der Waals surface area contributed by atoms with Crippen molar-refractivity contribution in [2.45, 2.75) is 0 Å². The van der Waals surface area contributed by atoms with E-state index < -0.39 is 0 Å². The SMILES string of the molecule is COc1cc(Cl)c(N)cc1NC(=O)c1ccccc1. The molecule has 0 saturated carbocycles. The van der Waals surface area contributed by atoms with Gasteiger partial charge in [0, 0.05) is 11.6 Å². The monoisotopic (exact) mass is 276 g/mol. The van der Waals surface area contributed by atoms with Crippen LogP contribution in [0.2, 0.25) is 5.02 Å².